The minimum absolute atomic E-state index is 0.575. The molecule has 0 saturated heterocycles. The van der Waals surface area contributed by atoms with Crippen LogP contribution in [0.1, 0.15) is 39.5 Å². The summed E-state index contributed by atoms with van der Waals surface area (Å²) in [6.07, 6.45) is 4.36. The van der Waals surface area contributed by atoms with Crippen molar-refractivity contribution in [3.05, 3.63) is 11.1 Å². The summed E-state index contributed by atoms with van der Waals surface area (Å²) in [5.41, 5.74) is 1.74. The molecule has 0 bridgehead atoms. The second-order valence-electron chi connectivity index (χ2n) is 3.55. The SMILES string of the molecule is CCC1CCC(=C(C)C(=O)O)C1. The van der Waals surface area contributed by atoms with Gasteiger partial charge in [-0.1, -0.05) is 18.9 Å². The van der Waals surface area contributed by atoms with Crippen LogP contribution in [0.5, 0.6) is 0 Å². The van der Waals surface area contributed by atoms with Gasteiger partial charge in [-0.3, -0.25) is 0 Å². The lowest BCUT2D eigenvalue weighted by Crippen LogP contribution is -1.99. The van der Waals surface area contributed by atoms with E-state index in [1.54, 1.807) is 6.92 Å². The predicted octanol–water partition coefficient (Wildman–Crippen LogP) is 2.60. The largest absolute Gasteiger partial charge is 0.478 e. The lowest BCUT2D eigenvalue weighted by Gasteiger charge is -2.02. The van der Waals surface area contributed by atoms with Crippen molar-refractivity contribution in [2.45, 2.75) is 39.5 Å². The van der Waals surface area contributed by atoms with Gasteiger partial charge in [-0.15, -0.1) is 0 Å². The molecule has 1 aliphatic rings. The first-order chi connectivity index (χ1) is 5.65. The number of carboxylic acid groups (broad SMARTS) is 1. The Morgan fingerprint density at radius 2 is 2.33 bits per heavy atom. The van der Waals surface area contributed by atoms with Gasteiger partial charge < -0.3 is 5.11 Å². The van der Waals surface area contributed by atoms with E-state index >= 15 is 0 Å². The molecule has 1 fully saturated rings. The molecule has 1 N–H and O–H groups in total. The average Bonchev–Trinajstić information content (AvgIpc) is 2.50. The van der Waals surface area contributed by atoms with E-state index in [4.69, 9.17) is 5.11 Å². The van der Waals surface area contributed by atoms with Crippen LogP contribution in [0.2, 0.25) is 0 Å². The lowest BCUT2D eigenvalue weighted by molar-refractivity contribution is -0.132. The van der Waals surface area contributed by atoms with Gasteiger partial charge in [0, 0.05) is 5.57 Å². The normalized spacial score (nSPS) is 27.3. The third-order valence-electron chi connectivity index (χ3n) is 2.82. The van der Waals surface area contributed by atoms with Crippen molar-refractivity contribution in [3.63, 3.8) is 0 Å². The van der Waals surface area contributed by atoms with Gasteiger partial charge in [0.05, 0.1) is 0 Å². The van der Waals surface area contributed by atoms with Crippen LogP contribution in [0.15, 0.2) is 11.1 Å². The van der Waals surface area contributed by atoms with E-state index in [1.165, 1.54) is 12.8 Å². The van der Waals surface area contributed by atoms with Gasteiger partial charge in [0.25, 0.3) is 0 Å². The molecule has 0 radical (unpaired) electrons. The van der Waals surface area contributed by atoms with Crippen molar-refractivity contribution in [2.75, 3.05) is 0 Å². The fourth-order valence-corrected chi connectivity index (χ4v) is 1.77. The molecule has 1 saturated carbocycles. The van der Waals surface area contributed by atoms with Gasteiger partial charge in [0.15, 0.2) is 0 Å². The van der Waals surface area contributed by atoms with Crippen molar-refractivity contribution >= 4 is 5.97 Å². The quantitative estimate of drug-likeness (QED) is 0.643. The molecule has 1 aliphatic carbocycles. The smallest absolute Gasteiger partial charge is 0.331 e. The molecule has 12 heavy (non-hydrogen) atoms. The maximum atomic E-state index is 10.6. The molecule has 2 nitrogen and oxygen atoms in total. The molecule has 0 aromatic rings. The van der Waals surface area contributed by atoms with E-state index in [0.717, 1.165) is 24.3 Å². The Bertz CT molecular complexity index is 216. The van der Waals surface area contributed by atoms with E-state index in [9.17, 15) is 4.79 Å². The zero-order valence-electron chi connectivity index (χ0n) is 7.76. The van der Waals surface area contributed by atoms with E-state index < -0.39 is 5.97 Å². The van der Waals surface area contributed by atoms with Crippen LogP contribution < -0.4 is 0 Å². The summed E-state index contributed by atoms with van der Waals surface area (Å²) >= 11 is 0. The Hall–Kier alpha value is -0.790. The van der Waals surface area contributed by atoms with Crippen LogP contribution in [-0.2, 0) is 4.79 Å². The molecule has 0 aliphatic heterocycles. The Morgan fingerprint density at radius 1 is 1.67 bits per heavy atom. The third-order valence-corrected chi connectivity index (χ3v) is 2.82. The van der Waals surface area contributed by atoms with Gasteiger partial charge in [0.1, 0.15) is 0 Å². The van der Waals surface area contributed by atoms with Gasteiger partial charge in [-0.2, -0.15) is 0 Å². The number of hydrogen-bond acceptors (Lipinski definition) is 1. The highest BCUT2D eigenvalue weighted by molar-refractivity contribution is 5.86. The van der Waals surface area contributed by atoms with Crippen molar-refractivity contribution < 1.29 is 9.90 Å². The van der Waals surface area contributed by atoms with Crippen LogP contribution in [-0.4, -0.2) is 11.1 Å². The number of carboxylic acids is 1. The molecule has 1 unspecified atom stereocenters. The number of hydrogen-bond donors (Lipinski definition) is 1. The standard InChI is InChI=1S/C10H16O2/c1-3-8-4-5-9(6-8)7(2)10(11)12/h8H,3-6H2,1-2H3,(H,11,12). The summed E-state index contributed by atoms with van der Waals surface area (Å²) in [5, 5.41) is 8.74. The molecular formula is C10H16O2. The van der Waals surface area contributed by atoms with E-state index in [2.05, 4.69) is 6.92 Å². The van der Waals surface area contributed by atoms with Crippen molar-refractivity contribution in [1.82, 2.24) is 0 Å². The summed E-state index contributed by atoms with van der Waals surface area (Å²) in [7, 11) is 0. The Kier molecular flexibility index (Phi) is 2.90. The summed E-state index contributed by atoms with van der Waals surface area (Å²) in [5.74, 6) is -0.0175. The minimum atomic E-state index is -0.748. The topological polar surface area (TPSA) is 37.3 Å². The molecule has 1 rings (SSSR count). The first-order valence-corrected chi connectivity index (χ1v) is 4.57. The van der Waals surface area contributed by atoms with Gasteiger partial charge >= 0.3 is 5.97 Å². The second-order valence-corrected chi connectivity index (χ2v) is 3.55. The maximum absolute atomic E-state index is 10.6. The summed E-state index contributed by atoms with van der Waals surface area (Å²) in [4.78, 5) is 10.6. The van der Waals surface area contributed by atoms with Crippen LogP contribution >= 0.6 is 0 Å². The number of aliphatic carboxylic acids is 1. The summed E-state index contributed by atoms with van der Waals surface area (Å²) in [6, 6.07) is 0. The molecular weight excluding hydrogens is 152 g/mol. The van der Waals surface area contributed by atoms with Crippen molar-refractivity contribution in [1.29, 1.82) is 0 Å². The molecule has 0 aromatic heterocycles. The van der Waals surface area contributed by atoms with E-state index in [-0.39, 0.29) is 0 Å². The van der Waals surface area contributed by atoms with Gasteiger partial charge in [-0.25, -0.2) is 4.79 Å². The molecule has 0 aromatic carbocycles. The second kappa shape index (κ2) is 3.74. The Morgan fingerprint density at radius 3 is 2.75 bits per heavy atom. The fourth-order valence-electron chi connectivity index (χ4n) is 1.77. The van der Waals surface area contributed by atoms with Crippen molar-refractivity contribution in [3.8, 4) is 0 Å². The first kappa shape index (κ1) is 9.30. The number of rotatable bonds is 2. The highest BCUT2D eigenvalue weighted by Gasteiger charge is 2.21. The monoisotopic (exact) mass is 168 g/mol. The maximum Gasteiger partial charge on any atom is 0.331 e. The summed E-state index contributed by atoms with van der Waals surface area (Å²) < 4.78 is 0. The highest BCUT2D eigenvalue weighted by Crippen LogP contribution is 2.34. The molecule has 0 amide bonds. The molecule has 68 valence electrons. The predicted molar refractivity (Wildman–Crippen MR) is 48.0 cm³/mol. The molecule has 0 heterocycles. The van der Waals surface area contributed by atoms with Gasteiger partial charge in [0.2, 0.25) is 0 Å². The third kappa shape index (κ3) is 1.87. The number of allylic oxidation sites excluding steroid dienone is 1. The minimum Gasteiger partial charge on any atom is -0.478 e. The van der Waals surface area contributed by atoms with Gasteiger partial charge in [-0.05, 0) is 32.1 Å². The van der Waals surface area contributed by atoms with Crippen molar-refractivity contribution in [2.24, 2.45) is 5.92 Å². The molecule has 2 heteroatoms. The zero-order valence-corrected chi connectivity index (χ0v) is 7.76. The highest BCUT2D eigenvalue weighted by atomic mass is 16.4. The number of carbonyl (C=O) groups is 1. The van der Waals surface area contributed by atoms with E-state index in [0.29, 0.717) is 5.57 Å². The Labute approximate surface area is 73.3 Å². The lowest BCUT2D eigenvalue weighted by atomic mass is 10.0. The Balaban J connectivity index is 2.67. The zero-order chi connectivity index (χ0) is 9.14. The van der Waals surface area contributed by atoms with Crippen LogP contribution in [0.25, 0.3) is 0 Å². The molecule has 0 spiro atoms. The fraction of sp³-hybridized carbons (Fsp3) is 0.700. The molecule has 1 atom stereocenters. The first-order valence-electron chi connectivity index (χ1n) is 4.57. The van der Waals surface area contributed by atoms with Crippen LogP contribution in [0.3, 0.4) is 0 Å². The average molecular weight is 168 g/mol. The van der Waals surface area contributed by atoms with Crippen LogP contribution in [0.4, 0.5) is 0 Å². The van der Waals surface area contributed by atoms with E-state index in [1.807, 2.05) is 0 Å². The van der Waals surface area contributed by atoms with Crippen LogP contribution in [0, 0.1) is 5.92 Å². The summed E-state index contributed by atoms with van der Waals surface area (Å²) in [6.45, 7) is 3.89.